The molecule has 2 nitrogen and oxygen atoms in total. The number of rotatable bonds is 1. The van der Waals surface area contributed by atoms with Gasteiger partial charge in [0.05, 0.1) is 5.92 Å². The molecule has 0 heterocycles. The maximum absolute atomic E-state index is 10.8. The summed E-state index contributed by atoms with van der Waals surface area (Å²) >= 11 is 0. The van der Waals surface area contributed by atoms with Gasteiger partial charge in [0.2, 0.25) is 0 Å². The number of hydrogen-bond acceptors (Lipinski definition) is 1. The van der Waals surface area contributed by atoms with Gasteiger partial charge in [0, 0.05) is 0 Å². The molecule has 1 N–H and O–H groups in total. The standard InChI is InChI=1S/C9H12O2/c10-9(11)8-5-1-4-2-7(8)6(4)3-5/h4-8H,1-3H2,(H,10,11). The number of fused-ring (bicyclic) bond motifs is 1. The molecule has 0 aromatic heterocycles. The highest BCUT2D eigenvalue weighted by molar-refractivity contribution is 5.72. The first-order valence-electron chi connectivity index (χ1n) is 4.50. The van der Waals surface area contributed by atoms with E-state index in [9.17, 15) is 4.79 Å². The van der Waals surface area contributed by atoms with Crippen LogP contribution < -0.4 is 0 Å². The van der Waals surface area contributed by atoms with Crippen LogP contribution in [0.15, 0.2) is 0 Å². The Hall–Kier alpha value is -0.530. The summed E-state index contributed by atoms with van der Waals surface area (Å²) in [6.07, 6.45) is 3.67. The fourth-order valence-electron chi connectivity index (χ4n) is 3.77. The van der Waals surface area contributed by atoms with Gasteiger partial charge >= 0.3 is 5.97 Å². The third-order valence-electron chi connectivity index (χ3n) is 4.17. The molecule has 0 radical (unpaired) electrons. The van der Waals surface area contributed by atoms with Gasteiger partial charge in [-0.15, -0.1) is 0 Å². The van der Waals surface area contributed by atoms with Gasteiger partial charge < -0.3 is 5.11 Å². The number of aliphatic carboxylic acids is 1. The molecule has 5 atom stereocenters. The van der Waals surface area contributed by atoms with Crippen molar-refractivity contribution in [3.63, 3.8) is 0 Å². The molecule has 2 bridgehead atoms. The molecule has 3 rings (SSSR count). The van der Waals surface area contributed by atoms with Gasteiger partial charge in [-0.1, -0.05) is 0 Å². The van der Waals surface area contributed by atoms with Gasteiger partial charge in [0.1, 0.15) is 0 Å². The van der Waals surface area contributed by atoms with Gasteiger partial charge in [0.25, 0.3) is 0 Å². The van der Waals surface area contributed by atoms with Crippen LogP contribution in [-0.2, 0) is 4.79 Å². The maximum Gasteiger partial charge on any atom is 0.307 e. The van der Waals surface area contributed by atoms with Crippen LogP contribution in [0, 0.1) is 29.6 Å². The molecule has 60 valence electrons. The van der Waals surface area contributed by atoms with Gasteiger partial charge in [-0.2, -0.15) is 0 Å². The first-order valence-corrected chi connectivity index (χ1v) is 4.50. The highest BCUT2D eigenvalue weighted by Crippen LogP contribution is 2.66. The Morgan fingerprint density at radius 2 is 1.82 bits per heavy atom. The minimum atomic E-state index is -0.527. The van der Waals surface area contributed by atoms with Crippen molar-refractivity contribution in [2.24, 2.45) is 29.6 Å². The molecule has 3 aliphatic rings. The summed E-state index contributed by atoms with van der Waals surface area (Å²) in [7, 11) is 0. The molecule has 5 unspecified atom stereocenters. The molecule has 0 aliphatic heterocycles. The zero-order valence-electron chi connectivity index (χ0n) is 6.36. The molecule has 0 spiro atoms. The lowest BCUT2D eigenvalue weighted by Gasteiger charge is -2.45. The van der Waals surface area contributed by atoms with Gasteiger partial charge in [-0.05, 0) is 42.9 Å². The zero-order valence-corrected chi connectivity index (χ0v) is 6.36. The number of carboxylic acids is 1. The van der Waals surface area contributed by atoms with E-state index in [4.69, 9.17) is 5.11 Å². The average Bonchev–Trinajstić information content (AvgIpc) is 2.40. The van der Waals surface area contributed by atoms with Crippen molar-refractivity contribution in [3.05, 3.63) is 0 Å². The first-order chi connectivity index (χ1) is 5.27. The lowest BCUT2D eigenvalue weighted by atomic mass is 9.59. The molecule has 0 amide bonds. The van der Waals surface area contributed by atoms with E-state index in [1.807, 2.05) is 0 Å². The van der Waals surface area contributed by atoms with Crippen LogP contribution in [0.2, 0.25) is 0 Å². The third kappa shape index (κ3) is 0.534. The van der Waals surface area contributed by atoms with Crippen molar-refractivity contribution in [3.8, 4) is 0 Å². The summed E-state index contributed by atoms with van der Waals surface area (Å²) in [4.78, 5) is 10.8. The monoisotopic (exact) mass is 152 g/mol. The van der Waals surface area contributed by atoms with Gasteiger partial charge in [-0.3, -0.25) is 4.79 Å². The highest BCUT2D eigenvalue weighted by Gasteiger charge is 2.61. The van der Waals surface area contributed by atoms with Crippen molar-refractivity contribution in [1.82, 2.24) is 0 Å². The minimum Gasteiger partial charge on any atom is -0.481 e. The van der Waals surface area contributed by atoms with Crippen molar-refractivity contribution < 1.29 is 9.90 Å². The summed E-state index contributed by atoms with van der Waals surface area (Å²) < 4.78 is 0. The summed E-state index contributed by atoms with van der Waals surface area (Å²) in [5.41, 5.74) is 0. The zero-order chi connectivity index (χ0) is 7.59. The molecule has 3 fully saturated rings. The number of carboxylic acid groups (broad SMARTS) is 1. The molecular weight excluding hydrogens is 140 g/mol. The summed E-state index contributed by atoms with van der Waals surface area (Å²) in [5.74, 6) is 2.41. The van der Waals surface area contributed by atoms with Crippen LogP contribution >= 0.6 is 0 Å². The predicted octanol–water partition coefficient (Wildman–Crippen LogP) is 1.36. The summed E-state index contributed by atoms with van der Waals surface area (Å²) in [5, 5.41) is 8.93. The Morgan fingerprint density at radius 1 is 1.09 bits per heavy atom. The predicted molar refractivity (Wildman–Crippen MR) is 38.9 cm³/mol. The van der Waals surface area contributed by atoms with E-state index in [2.05, 4.69) is 0 Å². The van der Waals surface area contributed by atoms with Crippen molar-refractivity contribution in [1.29, 1.82) is 0 Å². The van der Waals surface area contributed by atoms with Crippen molar-refractivity contribution in [2.75, 3.05) is 0 Å². The number of hydrogen-bond donors (Lipinski definition) is 1. The van der Waals surface area contributed by atoms with E-state index < -0.39 is 5.97 Å². The maximum atomic E-state index is 10.8. The Kier molecular flexibility index (Phi) is 0.890. The lowest BCUT2D eigenvalue weighted by Crippen LogP contribution is -2.42. The first kappa shape index (κ1) is 6.04. The van der Waals surface area contributed by atoms with Crippen LogP contribution in [-0.4, -0.2) is 11.1 Å². The third-order valence-corrected chi connectivity index (χ3v) is 4.17. The normalized spacial score (nSPS) is 57.6. The molecule has 11 heavy (non-hydrogen) atoms. The number of carbonyl (C=O) groups is 1. The van der Waals surface area contributed by atoms with E-state index in [0.29, 0.717) is 11.8 Å². The average molecular weight is 152 g/mol. The lowest BCUT2D eigenvalue weighted by molar-refractivity contribution is -0.149. The van der Waals surface area contributed by atoms with Crippen LogP contribution in [0.5, 0.6) is 0 Å². The Labute approximate surface area is 65.6 Å². The molecule has 3 aliphatic carbocycles. The second-order valence-corrected chi connectivity index (χ2v) is 4.42. The molecular formula is C9H12O2. The van der Waals surface area contributed by atoms with E-state index in [1.165, 1.54) is 19.3 Å². The molecule has 0 saturated heterocycles. The molecule has 0 aromatic rings. The van der Waals surface area contributed by atoms with E-state index in [-0.39, 0.29) is 5.92 Å². The Morgan fingerprint density at radius 3 is 2.18 bits per heavy atom. The fourth-order valence-corrected chi connectivity index (χ4v) is 3.77. The summed E-state index contributed by atoms with van der Waals surface area (Å²) in [6, 6.07) is 0. The van der Waals surface area contributed by atoms with Crippen molar-refractivity contribution >= 4 is 5.97 Å². The highest BCUT2D eigenvalue weighted by atomic mass is 16.4. The van der Waals surface area contributed by atoms with Gasteiger partial charge in [-0.25, -0.2) is 0 Å². The second kappa shape index (κ2) is 1.62. The largest absolute Gasteiger partial charge is 0.481 e. The van der Waals surface area contributed by atoms with E-state index in [0.717, 1.165) is 11.8 Å². The van der Waals surface area contributed by atoms with Gasteiger partial charge in [0.15, 0.2) is 0 Å². The van der Waals surface area contributed by atoms with E-state index >= 15 is 0 Å². The Bertz CT molecular complexity index is 220. The topological polar surface area (TPSA) is 37.3 Å². The SMILES string of the molecule is O=C(O)C1C2CC3CC1C3C2. The molecule has 3 saturated carbocycles. The van der Waals surface area contributed by atoms with Crippen LogP contribution in [0.25, 0.3) is 0 Å². The molecule has 2 heteroatoms. The molecule has 0 aromatic carbocycles. The van der Waals surface area contributed by atoms with Crippen LogP contribution in [0.4, 0.5) is 0 Å². The van der Waals surface area contributed by atoms with Crippen molar-refractivity contribution in [2.45, 2.75) is 19.3 Å². The van der Waals surface area contributed by atoms with E-state index in [1.54, 1.807) is 0 Å². The summed E-state index contributed by atoms with van der Waals surface area (Å²) in [6.45, 7) is 0. The minimum absolute atomic E-state index is 0.0463. The second-order valence-electron chi connectivity index (χ2n) is 4.42. The smallest absolute Gasteiger partial charge is 0.307 e. The van der Waals surface area contributed by atoms with Crippen LogP contribution in [0.1, 0.15) is 19.3 Å². The quantitative estimate of drug-likeness (QED) is 0.616. The van der Waals surface area contributed by atoms with Crippen LogP contribution in [0.3, 0.4) is 0 Å². The Balaban J connectivity index is 1.93. The fraction of sp³-hybridized carbons (Fsp3) is 0.889.